The lowest BCUT2D eigenvalue weighted by Crippen LogP contribution is -2.29. The molecule has 0 aliphatic carbocycles. The Morgan fingerprint density at radius 2 is 2.09 bits per heavy atom. The fraction of sp³-hybridized carbons (Fsp3) is 1.00. The van der Waals surface area contributed by atoms with Crippen molar-refractivity contribution in [2.24, 2.45) is 0 Å². The summed E-state index contributed by atoms with van der Waals surface area (Å²) in [5.41, 5.74) is 0. The van der Waals surface area contributed by atoms with E-state index in [1.165, 1.54) is 12.8 Å². The van der Waals surface area contributed by atoms with Gasteiger partial charge in [-0.1, -0.05) is 19.8 Å². The minimum Gasteiger partial charge on any atom is -0.394 e. The van der Waals surface area contributed by atoms with E-state index in [0.717, 1.165) is 13.0 Å². The van der Waals surface area contributed by atoms with Gasteiger partial charge in [-0.15, -0.1) is 0 Å². The van der Waals surface area contributed by atoms with Crippen LogP contribution in [0.15, 0.2) is 0 Å². The van der Waals surface area contributed by atoms with E-state index >= 15 is 0 Å². The second kappa shape index (κ2) is 7.98. The monoisotopic (exact) mass is 161 g/mol. The maximum atomic E-state index is 8.90. The summed E-state index contributed by atoms with van der Waals surface area (Å²) in [6.07, 6.45) is 2.98. The SMILES string of the molecule is CCCCCNC[C@H](O)CO. The van der Waals surface area contributed by atoms with Crippen LogP contribution in [0.1, 0.15) is 26.2 Å². The van der Waals surface area contributed by atoms with E-state index in [4.69, 9.17) is 10.2 Å². The lowest BCUT2D eigenvalue weighted by molar-refractivity contribution is 0.0945. The summed E-state index contributed by atoms with van der Waals surface area (Å²) >= 11 is 0. The molecular formula is C8H19NO2. The highest BCUT2D eigenvalue weighted by molar-refractivity contribution is 4.56. The molecule has 0 fully saturated rings. The predicted octanol–water partition coefficient (Wildman–Crippen LogP) is 0.119. The van der Waals surface area contributed by atoms with Gasteiger partial charge >= 0.3 is 0 Å². The van der Waals surface area contributed by atoms with E-state index in [1.54, 1.807) is 0 Å². The van der Waals surface area contributed by atoms with Crippen LogP contribution >= 0.6 is 0 Å². The highest BCUT2D eigenvalue weighted by atomic mass is 16.3. The summed E-state index contributed by atoms with van der Waals surface area (Å²) in [6, 6.07) is 0. The molecule has 0 saturated heterocycles. The van der Waals surface area contributed by atoms with Crippen LogP contribution in [0.4, 0.5) is 0 Å². The van der Waals surface area contributed by atoms with Crippen molar-refractivity contribution in [1.29, 1.82) is 0 Å². The molecular weight excluding hydrogens is 142 g/mol. The van der Waals surface area contributed by atoms with E-state index in [0.29, 0.717) is 6.54 Å². The average molecular weight is 161 g/mol. The number of hydrogen-bond donors (Lipinski definition) is 3. The molecule has 11 heavy (non-hydrogen) atoms. The maximum Gasteiger partial charge on any atom is 0.0894 e. The molecule has 0 unspecified atom stereocenters. The highest BCUT2D eigenvalue weighted by Gasteiger charge is 1.98. The molecule has 0 saturated carbocycles. The zero-order valence-corrected chi connectivity index (χ0v) is 7.21. The van der Waals surface area contributed by atoms with E-state index in [2.05, 4.69) is 12.2 Å². The summed E-state index contributed by atoms with van der Waals surface area (Å²) in [5.74, 6) is 0. The molecule has 3 heteroatoms. The van der Waals surface area contributed by atoms with Crippen LogP contribution in [-0.2, 0) is 0 Å². The molecule has 0 spiro atoms. The molecule has 0 bridgehead atoms. The number of unbranched alkanes of at least 4 members (excludes halogenated alkanes) is 2. The van der Waals surface area contributed by atoms with Gasteiger partial charge in [0.05, 0.1) is 12.7 Å². The van der Waals surface area contributed by atoms with Crippen molar-refractivity contribution in [3.05, 3.63) is 0 Å². The van der Waals surface area contributed by atoms with Crippen LogP contribution in [0.25, 0.3) is 0 Å². The quantitative estimate of drug-likeness (QED) is 0.465. The van der Waals surface area contributed by atoms with E-state index in [9.17, 15) is 0 Å². The van der Waals surface area contributed by atoms with Crippen LogP contribution < -0.4 is 5.32 Å². The molecule has 3 N–H and O–H groups in total. The molecule has 3 nitrogen and oxygen atoms in total. The number of rotatable bonds is 7. The molecule has 0 aliphatic rings. The first kappa shape index (κ1) is 10.9. The molecule has 0 aromatic rings. The topological polar surface area (TPSA) is 52.5 Å². The summed E-state index contributed by atoms with van der Waals surface area (Å²) in [7, 11) is 0. The van der Waals surface area contributed by atoms with Crippen molar-refractivity contribution in [1.82, 2.24) is 5.32 Å². The predicted molar refractivity (Wildman–Crippen MR) is 45.5 cm³/mol. The molecule has 68 valence electrons. The standard InChI is InChI=1S/C8H19NO2/c1-2-3-4-5-9-6-8(11)7-10/h8-11H,2-7H2,1H3/t8-/m0/s1. The fourth-order valence-corrected chi connectivity index (χ4v) is 0.833. The first-order valence-corrected chi connectivity index (χ1v) is 4.31. The van der Waals surface area contributed by atoms with Gasteiger partial charge in [0, 0.05) is 6.54 Å². The Labute approximate surface area is 68.4 Å². The average Bonchev–Trinajstić information content (AvgIpc) is 2.04. The largest absolute Gasteiger partial charge is 0.394 e. The Kier molecular flexibility index (Phi) is 7.89. The smallest absolute Gasteiger partial charge is 0.0894 e. The Bertz CT molecular complexity index is 78.5. The number of hydrogen-bond acceptors (Lipinski definition) is 3. The Morgan fingerprint density at radius 3 is 2.64 bits per heavy atom. The molecule has 0 heterocycles. The van der Waals surface area contributed by atoms with Crippen molar-refractivity contribution in [3.8, 4) is 0 Å². The van der Waals surface area contributed by atoms with Crippen LogP contribution in [0.2, 0.25) is 0 Å². The molecule has 0 rings (SSSR count). The van der Waals surface area contributed by atoms with Crippen LogP contribution in [0.3, 0.4) is 0 Å². The second-order valence-corrected chi connectivity index (χ2v) is 2.75. The number of aliphatic hydroxyl groups excluding tert-OH is 2. The van der Waals surface area contributed by atoms with E-state index < -0.39 is 6.10 Å². The lowest BCUT2D eigenvalue weighted by Gasteiger charge is -2.07. The highest BCUT2D eigenvalue weighted by Crippen LogP contribution is 1.90. The van der Waals surface area contributed by atoms with Gasteiger partial charge in [-0.25, -0.2) is 0 Å². The van der Waals surface area contributed by atoms with E-state index in [1.807, 2.05) is 0 Å². The lowest BCUT2D eigenvalue weighted by atomic mass is 10.2. The van der Waals surface area contributed by atoms with Crippen LogP contribution in [0, 0.1) is 0 Å². The third-order valence-corrected chi connectivity index (χ3v) is 1.55. The van der Waals surface area contributed by atoms with Gasteiger partial charge in [-0.2, -0.15) is 0 Å². The minimum absolute atomic E-state index is 0.152. The minimum atomic E-state index is -0.600. The second-order valence-electron chi connectivity index (χ2n) is 2.75. The van der Waals surface area contributed by atoms with Gasteiger partial charge in [0.1, 0.15) is 0 Å². The van der Waals surface area contributed by atoms with Gasteiger partial charge in [0.2, 0.25) is 0 Å². The Morgan fingerprint density at radius 1 is 1.36 bits per heavy atom. The molecule has 0 aromatic heterocycles. The molecule has 0 radical (unpaired) electrons. The number of nitrogens with one attached hydrogen (secondary N) is 1. The van der Waals surface area contributed by atoms with Gasteiger partial charge in [0.15, 0.2) is 0 Å². The van der Waals surface area contributed by atoms with Gasteiger partial charge < -0.3 is 15.5 Å². The molecule has 0 aromatic carbocycles. The van der Waals surface area contributed by atoms with E-state index in [-0.39, 0.29) is 6.61 Å². The maximum absolute atomic E-state index is 8.90. The number of aliphatic hydroxyl groups is 2. The van der Waals surface area contributed by atoms with Crippen molar-refractivity contribution in [2.75, 3.05) is 19.7 Å². The third kappa shape index (κ3) is 7.78. The Balaban J connectivity index is 2.89. The first-order chi connectivity index (χ1) is 5.31. The summed E-state index contributed by atoms with van der Waals surface area (Å²) < 4.78 is 0. The van der Waals surface area contributed by atoms with Crippen LogP contribution in [-0.4, -0.2) is 36.0 Å². The third-order valence-electron chi connectivity index (χ3n) is 1.55. The summed E-state index contributed by atoms with van der Waals surface area (Å²) in [4.78, 5) is 0. The van der Waals surface area contributed by atoms with Crippen molar-refractivity contribution in [3.63, 3.8) is 0 Å². The van der Waals surface area contributed by atoms with Crippen molar-refractivity contribution >= 4 is 0 Å². The molecule has 1 atom stereocenters. The zero-order valence-electron chi connectivity index (χ0n) is 7.21. The summed E-state index contributed by atoms with van der Waals surface area (Å²) in [6.45, 7) is 3.44. The van der Waals surface area contributed by atoms with Crippen molar-refractivity contribution in [2.45, 2.75) is 32.3 Å². The first-order valence-electron chi connectivity index (χ1n) is 4.31. The zero-order chi connectivity index (χ0) is 8.53. The molecule has 0 amide bonds. The Hall–Kier alpha value is -0.120. The van der Waals surface area contributed by atoms with Gasteiger partial charge in [-0.05, 0) is 13.0 Å². The van der Waals surface area contributed by atoms with Crippen molar-refractivity contribution < 1.29 is 10.2 Å². The van der Waals surface area contributed by atoms with Gasteiger partial charge in [-0.3, -0.25) is 0 Å². The van der Waals surface area contributed by atoms with Gasteiger partial charge in [0.25, 0.3) is 0 Å². The normalized spacial score (nSPS) is 13.4. The van der Waals surface area contributed by atoms with Crippen LogP contribution in [0.5, 0.6) is 0 Å². The molecule has 0 aliphatic heterocycles. The fourth-order valence-electron chi connectivity index (χ4n) is 0.833. The summed E-state index contributed by atoms with van der Waals surface area (Å²) in [5, 5.41) is 20.4.